The van der Waals surface area contributed by atoms with Crippen LogP contribution in [0, 0.1) is 13.8 Å². The second kappa shape index (κ2) is 7.18. The van der Waals surface area contributed by atoms with Crippen LogP contribution in [0.15, 0.2) is 66.3 Å². The number of rotatable bonds is 5. The van der Waals surface area contributed by atoms with Gasteiger partial charge in [0, 0.05) is 34.3 Å². The van der Waals surface area contributed by atoms with Gasteiger partial charge < -0.3 is 4.57 Å². The van der Waals surface area contributed by atoms with Gasteiger partial charge in [0.1, 0.15) is 0 Å². The zero-order valence-electron chi connectivity index (χ0n) is 14.5. The van der Waals surface area contributed by atoms with Crippen LogP contribution in [0.3, 0.4) is 0 Å². The number of hydrogen-bond acceptors (Lipinski definition) is 2. The van der Waals surface area contributed by atoms with Crippen molar-refractivity contribution >= 4 is 23.0 Å². The SMILES string of the molecule is C=CCn1c(C)c(/C=N\NC(=O)c2cccc(C)c2)c2ccccc21. The predicted molar refractivity (Wildman–Crippen MR) is 103 cm³/mol. The third-order valence-corrected chi connectivity index (χ3v) is 4.23. The zero-order valence-corrected chi connectivity index (χ0v) is 14.5. The van der Waals surface area contributed by atoms with E-state index >= 15 is 0 Å². The molecule has 0 radical (unpaired) electrons. The summed E-state index contributed by atoms with van der Waals surface area (Å²) in [5.74, 6) is -0.215. The minimum Gasteiger partial charge on any atom is -0.340 e. The Morgan fingerprint density at radius 3 is 2.76 bits per heavy atom. The van der Waals surface area contributed by atoms with Gasteiger partial charge in [-0.25, -0.2) is 5.43 Å². The molecular weight excluding hydrogens is 310 g/mol. The highest BCUT2D eigenvalue weighted by Gasteiger charge is 2.11. The molecule has 126 valence electrons. The van der Waals surface area contributed by atoms with Gasteiger partial charge in [0.25, 0.3) is 5.91 Å². The van der Waals surface area contributed by atoms with Crippen molar-refractivity contribution in [2.45, 2.75) is 20.4 Å². The lowest BCUT2D eigenvalue weighted by Gasteiger charge is -2.04. The van der Waals surface area contributed by atoms with Gasteiger partial charge in [0.15, 0.2) is 0 Å². The smallest absolute Gasteiger partial charge is 0.271 e. The Morgan fingerprint density at radius 2 is 2.00 bits per heavy atom. The number of hydrazone groups is 1. The third-order valence-electron chi connectivity index (χ3n) is 4.23. The Hall–Kier alpha value is -3.14. The number of para-hydroxylation sites is 1. The minimum atomic E-state index is -0.215. The number of carbonyl (C=O) groups excluding carboxylic acids is 1. The molecule has 0 aliphatic rings. The lowest BCUT2D eigenvalue weighted by molar-refractivity contribution is 0.0955. The molecule has 4 heteroatoms. The number of fused-ring (bicyclic) bond motifs is 1. The summed E-state index contributed by atoms with van der Waals surface area (Å²) in [5.41, 5.74) is 7.48. The van der Waals surface area contributed by atoms with Crippen LogP contribution >= 0.6 is 0 Å². The van der Waals surface area contributed by atoms with Crippen molar-refractivity contribution < 1.29 is 4.79 Å². The summed E-state index contributed by atoms with van der Waals surface area (Å²) in [6, 6.07) is 15.6. The maximum Gasteiger partial charge on any atom is 0.271 e. The fourth-order valence-electron chi connectivity index (χ4n) is 2.99. The van der Waals surface area contributed by atoms with Crippen molar-refractivity contribution in [1.29, 1.82) is 0 Å². The predicted octanol–water partition coefficient (Wildman–Crippen LogP) is 4.21. The van der Waals surface area contributed by atoms with Gasteiger partial charge in [0.2, 0.25) is 0 Å². The number of amides is 1. The lowest BCUT2D eigenvalue weighted by Crippen LogP contribution is -2.17. The molecule has 0 saturated carbocycles. The minimum absolute atomic E-state index is 0.215. The van der Waals surface area contributed by atoms with Crippen LogP contribution < -0.4 is 5.43 Å². The van der Waals surface area contributed by atoms with E-state index in [1.54, 1.807) is 12.3 Å². The second-order valence-electron chi connectivity index (χ2n) is 5.98. The number of hydrogen-bond donors (Lipinski definition) is 1. The molecule has 1 N–H and O–H groups in total. The molecule has 3 rings (SSSR count). The van der Waals surface area contributed by atoms with Gasteiger partial charge in [-0.15, -0.1) is 6.58 Å². The Labute approximate surface area is 147 Å². The molecule has 1 amide bonds. The van der Waals surface area contributed by atoms with E-state index in [2.05, 4.69) is 33.8 Å². The first-order chi connectivity index (χ1) is 12.1. The van der Waals surface area contributed by atoms with Crippen LogP contribution in [0.25, 0.3) is 10.9 Å². The molecule has 2 aromatic carbocycles. The van der Waals surface area contributed by atoms with Crippen LogP contribution in [0.4, 0.5) is 0 Å². The fraction of sp³-hybridized carbons (Fsp3) is 0.143. The number of carbonyl (C=O) groups is 1. The number of allylic oxidation sites excluding steroid dienone is 1. The number of benzene rings is 2. The van der Waals surface area contributed by atoms with Gasteiger partial charge in [-0.05, 0) is 32.0 Å². The molecule has 0 spiro atoms. The molecule has 3 aromatic rings. The van der Waals surface area contributed by atoms with Crippen molar-refractivity contribution in [1.82, 2.24) is 9.99 Å². The van der Waals surface area contributed by atoms with Crippen LogP contribution in [0.1, 0.15) is 27.2 Å². The molecule has 0 unspecified atom stereocenters. The Morgan fingerprint density at radius 1 is 1.20 bits per heavy atom. The average molecular weight is 331 g/mol. The summed E-state index contributed by atoms with van der Waals surface area (Å²) >= 11 is 0. The summed E-state index contributed by atoms with van der Waals surface area (Å²) in [6.07, 6.45) is 3.59. The molecule has 0 bridgehead atoms. The molecule has 0 atom stereocenters. The number of aromatic nitrogens is 1. The summed E-state index contributed by atoms with van der Waals surface area (Å²) in [6.45, 7) is 8.56. The van der Waals surface area contributed by atoms with Crippen LogP contribution in [0.5, 0.6) is 0 Å². The molecule has 0 aliphatic carbocycles. The van der Waals surface area contributed by atoms with Crippen LogP contribution in [-0.4, -0.2) is 16.7 Å². The monoisotopic (exact) mass is 331 g/mol. The fourth-order valence-corrected chi connectivity index (χ4v) is 2.99. The largest absolute Gasteiger partial charge is 0.340 e. The Balaban J connectivity index is 1.87. The van der Waals surface area contributed by atoms with Crippen molar-refractivity contribution in [2.24, 2.45) is 5.10 Å². The van der Waals surface area contributed by atoms with E-state index in [0.29, 0.717) is 5.56 Å². The summed E-state index contributed by atoms with van der Waals surface area (Å²) in [4.78, 5) is 12.2. The zero-order chi connectivity index (χ0) is 17.8. The molecule has 0 aliphatic heterocycles. The third kappa shape index (κ3) is 3.38. The molecule has 1 heterocycles. The summed E-state index contributed by atoms with van der Waals surface area (Å²) in [5, 5.41) is 5.28. The summed E-state index contributed by atoms with van der Waals surface area (Å²) in [7, 11) is 0. The number of nitrogens with zero attached hydrogens (tertiary/aromatic N) is 2. The first-order valence-electron chi connectivity index (χ1n) is 8.20. The number of nitrogens with one attached hydrogen (secondary N) is 1. The van der Waals surface area contributed by atoms with E-state index in [1.165, 1.54) is 0 Å². The van der Waals surface area contributed by atoms with Gasteiger partial charge in [-0.2, -0.15) is 5.10 Å². The molecule has 0 saturated heterocycles. The maximum atomic E-state index is 12.2. The van der Waals surface area contributed by atoms with Crippen LogP contribution in [0.2, 0.25) is 0 Å². The van der Waals surface area contributed by atoms with E-state index in [0.717, 1.165) is 34.3 Å². The van der Waals surface area contributed by atoms with E-state index in [4.69, 9.17) is 0 Å². The Kier molecular flexibility index (Phi) is 4.80. The van der Waals surface area contributed by atoms with E-state index < -0.39 is 0 Å². The molecule has 25 heavy (non-hydrogen) atoms. The highest BCUT2D eigenvalue weighted by molar-refractivity contribution is 6.02. The lowest BCUT2D eigenvalue weighted by atomic mass is 10.1. The van der Waals surface area contributed by atoms with E-state index in [9.17, 15) is 4.79 Å². The topological polar surface area (TPSA) is 46.4 Å². The highest BCUT2D eigenvalue weighted by atomic mass is 16.2. The van der Waals surface area contributed by atoms with Crippen LogP contribution in [-0.2, 0) is 6.54 Å². The first kappa shape index (κ1) is 16.7. The highest BCUT2D eigenvalue weighted by Crippen LogP contribution is 2.24. The van der Waals surface area contributed by atoms with Crippen molar-refractivity contribution in [3.63, 3.8) is 0 Å². The molecule has 0 fully saturated rings. The van der Waals surface area contributed by atoms with Crippen molar-refractivity contribution in [3.05, 3.63) is 83.6 Å². The normalized spacial score (nSPS) is 11.1. The van der Waals surface area contributed by atoms with Gasteiger partial charge >= 0.3 is 0 Å². The van der Waals surface area contributed by atoms with Gasteiger partial charge in [0.05, 0.1) is 6.21 Å². The average Bonchev–Trinajstić information content (AvgIpc) is 2.88. The Bertz CT molecular complexity index is 966. The molecule has 4 nitrogen and oxygen atoms in total. The van der Waals surface area contributed by atoms with Gasteiger partial charge in [-0.1, -0.05) is 42.0 Å². The first-order valence-corrected chi connectivity index (χ1v) is 8.20. The summed E-state index contributed by atoms with van der Waals surface area (Å²) < 4.78 is 2.19. The van der Waals surface area contributed by atoms with E-state index in [-0.39, 0.29) is 5.91 Å². The quantitative estimate of drug-likeness (QED) is 0.425. The maximum absolute atomic E-state index is 12.2. The second-order valence-corrected chi connectivity index (χ2v) is 5.98. The molecular formula is C21H21N3O. The number of aryl methyl sites for hydroxylation is 1. The van der Waals surface area contributed by atoms with Crippen molar-refractivity contribution in [3.8, 4) is 0 Å². The van der Waals surface area contributed by atoms with E-state index in [1.807, 2.05) is 50.3 Å². The molecule has 1 aromatic heterocycles. The van der Waals surface area contributed by atoms with Gasteiger partial charge in [-0.3, -0.25) is 4.79 Å². The standard InChI is InChI=1S/C21H21N3O/c1-4-12-24-16(3)19(18-10-5-6-11-20(18)24)14-22-23-21(25)17-9-7-8-15(2)13-17/h4-11,13-14H,1,12H2,2-3H3,(H,23,25)/b22-14-. The van der Waals surface area contributed by atoms with Crippen molar-refractivity contribution in [2.75, 3.05) is 0 Å².